The van der Waals surface area contributed by atoms with Crippen molar-refractivity contribution in [2.75, 3.05) is 46.9 Å². The van der Waals surface area contributed by atoms with Crippen LogP contribution in [0.5, 0.6) is 0 Å². The molecule has 0 bridgehead atoms. The Morgan fingerprint density at radius 2 is 1.06 bits per heavy atom. The third-order valence-electron chi connectivity index (χ3n) is 6.02. The van der Waals surface area contributed by atoms with Crippen LogP contribution in [-0.4, -0.2) is 60.0 Å². The molecule has 0 spiro atoms. The molecule has 2 N–H and O–H groups in total. The van der Waals surface area contributed by atoms with Gasteiger partial charge in [-0.1, -0.05) is 78.1 Å². The number of nitrogens with one attached hydrogen (secondary N) is 2. The Labute approximate surface area is 303 Å². The van der Waals surface area contributed by atoms with Crippen LogP contribution < -0.4 is 15.9 Å². The molecule has 0 saturated carbocycles. The summed E-state index contributed by atoms with van der Waals surface area (Å²) in [7, 11) is 0. The topological polar surface area (TPSA) is 111 Å². The lowest BCUT2D eigenvalue weighted by molar-refractivity contribution is -0.138. The van der Waals surface area contributed by atoms with Crippen molar-refractivity contribution in [1.82, 2.24) is 0 Å². The number of amides is 2. The lowest BCUT2D eigenvalue weighted by atomic mass is 10.3. The maximum atomic E-state index is 12.4. The van der Waals surface area contributed by atoms with Gasteiger partial charge < -0.3 is 20.1 Å². The zero-order chi connectivity index (χ0) is 34.6. The van der Waals surface area contributed by atoms with E-state index < -0.39 is 16.4 Å². The van der Waals surface area contributed by atoms with Crippen molar-refractivity contribution >= 4 is 103 Å². The molecule has 14 heteroatoms. The van der Waals surface area contributed by atoms with E-state index in [9.17, 15) is 19.2 Å². The molecule has 0 aliphatic rings. The lowest BCUT2D eigenvalue weighted by Crippen LogP contribution is -2.12. The first-order valence-corrected chi connectivity index (χ1v) is 22.7. The predicted molar refractivity (Wildman–Crippen MR) is 208 cm³/mol. The smallest absolute Gasteiger partial charge is 0.330 e. The molecule has 254 valence electrons. The minimum Gasteiger partial charge on any atom is -0.462 e. The predicted octanol–water partition coefficient (Wildman–Crippen LogP) is 7.79. The Bertz CT molecular complexity index is 1480. The third kappa shape index (κ3) is 15.1. The Kier molecular flexibility index (Phi) is 18.0. The summed E-state index contributed by atoms with van der Waals surface area (Å²) in [6.45, 7) is 7.29. The molecular formula is C34H37N2O6PS5. The Balaban J connectivity index is 1.51. The molecule has 8 nitrogen and oxygen atoms in total. The standard InChI is InChI=1S/C34H37N2O6PS5/c1-3-33(39)41-20-24-45-22-18-31(37)35-26-10-14-29(15-11-26)47-43(44,28-8-6-5-7-9-28)48-30-16-12-27(13-17-30)36-32(38)19-23-46-25-21-42-34(40)4-2/h3-17H,1-2,18-25H2,(H,35,37)(H,36,38). The van der Waals surface area contributed by atoms with Gasteiger partial charge in [0.1, 0.15) is 13.2 Å². The molecule has 0 heterocycles. The van der Waals surface area contributed by atoms with Crippen LogP contribution in [0.2, 0.25) is 0 Å². The van der Waals surface area contributed by atoms with Crippen molar-refractivity contribution in [3.8, 4) is 0 Å². The van der Waals surface area contributed by atoms with E-state index in [0.29, 0.717) is 47.2 Å². The van der Waals surface area contributed by atoms with Gasteiger partial charge in [0.05, 0.1) is 4.44 Å². The van der Waals surface area contributed by atoms with Crippen molar-refractivity contribution < 1.29 is 28.7 Å². The molecule has 0 saturated heterocycles. The van der Waals surface area contributed by atoms with E-state index >= 15 is 0 Å². The molecule has 0 fully saturated rings. The monoisotopic (exact) mass is 760 g/mol. The number of carbonyl (C=O) groups excluding carboxylic acids is 4. The van der Waals surface area contributed by atoms with Crippen molar-refractivity contribution in [3.05, 3.63) is 104 Å². The zero-order valence-electron chi connectivity index (χ0n) is 26.2. The molecule has 48 heavy (non-hydrogen) atoms. The number of hydrogen-bond acceptors (Lipinski definition) is 11. The fourth-order valence-electron chi connectivity index (χ4n) is 3.71. The SMILES string of the molecule is C=CC(=O)OCCSCCC(=O)Nc1ccc(SP(=S)(Sc2ccc(NC(=O)CCSCCOC(=O)C=C)cc2)c2ccccc2)cc1. The van der Waals surface area contributed by atoms with Gasteiger partial charge in [-0.15, -0.1) is 0 Å². The fourth-order valence-corrected chi connectivity index (χ4v) is 14.7. The van der Waals surface area contributed by atoms with Crippen molar-refractivity contribution in [3.63, 3.8) is 0 Å². The highest BCUT2D eigenvalue weighted by Crippen LogP contribution is 2.72. The van der Waals surface area contributed by atoms with Crippen LogP contribution in [0.25, 0.3) is 0 Å². The van der Waals surface area contributed by atoms with Crippen LogP contribution in [0.1, 0.15) is 12.8 Å². The Hall–Kier alpha value is -2.93. The molecule has 0 radical (unpaired) electrons. The normalized spacial score (nSPS) is 10.8. The van der Waals surface area contributed by atoms with Gasteiger partial charge in [0.15, 0.2) is 0 Å². The minimum absolute atomic E-state index is 0.0850. The van der Waals surface area contributed by atoms with Gasteiger partial charge in [-0.25, -0.2) is 9.59 Å². The maximum Gasteiger partial charge on any atom is 0.330 e. The van der Waals surface area contributed by atoms with E-state index in [0.717, 1.165) is 27.2 Å². The van der Waals surface area contributed by atoms with Crippen molar-refractivity contribution in [1.29, 1.82) is 0 Å². The van der Waals surface area contributed by atoms with Gasteiger partial charge in [0, 0.05) is 74.5 Å². The number of thioether (sulfide) groups is 2. The second kappa shape index (κ2) is 21.9. The van der Waals surface area contributed by atoms with E-state index in [1.165, 1.54) is 0 Å². The van der Waals surface area contributed by atoms with Crippen molar-refractivity contribution in [2.24, 2.45) is 0 Å². The van der Waals surface area contributed by atoms with Crippen LogP contribution in [-0.2, 0) is 40.5 Å². The molecule has 0 unspecified atom stereocenters. The number of ether oxygens (including phenoxy) is 2. The summed E-state index contributed by atoms with van der Waals surface area (Å²) in [5, 5.41) is 6.95. The molecule has 3 aromatic carbocycles. The number of hydrogen-bond donors (Lipinski definition) is 2. The second-order valence-corrected chi connectivity index (χ2v) is 23.0. The molecule has 3 rings (SSSR count). The summed E-state index contributed by atoms with van der Waals surface area (Å²) < 4.78 is 7.61. The number of anilines is 2. The molecule has 0 aliphatic carbocycles. The van der Waals surface area contributed by atoms with Crippen LogP contribution in [0.3, 0.4) is 0 Å². The van der Waals surface area contributed by atoms with Gasteiger partial charge in [0.25, 0.3) is 0 Å². The number of benzene rings is 3. The van der Waals surface area contributed by atoms with Gasteiger partial charge in [-0.3, -0.25) is 9.59 Å². The Morgan fingerprint density at radius 3 is 1.46 bits per heavy atom. The molecule has 3 aromatic rings. The molecule has 0 aromatic heterocycles. The van der Waals surface area contributed by atoms with E-state index in [2.05, 4.69) is 35.9 Å². The number of esters is 2. The van der Waals surface area contributed by atoms with Crippen LogP contribution in [0.15, 0.2) is 114 Å². The number of carbonyl (C=O) groups is 4. The summed E-state index contributed by atoms with van der Waals surface area (Å²) in [4.78, 5) is 49.0. The molecule has 0 atom stereocenters. The first-order chi connectivity index (χ1) is 23.2. The quantitative estimate of drug-likeness (QED) is 0.0481. The summed E-state index contributed by atoms with van der Waals surface area (Å²) in [5.41, 5.74) is 1.42. The first kappa shape index (κ1) is 39.5. The summed E-state index contributed by atoms with van der Waals surface area (Å²) >= 11 is 12.7. The number of rotatable bonds is 21. The highest BCUT2D eigenvalue weighted by atomic mass is 33.2. The van der Waals surface area contributed by atoms with E-state index in [1.54, 1.807) is 46.3 Å². The highest BCUT2D eigenvalue weighted by Gasteiger charge is 2.23. The average molecular weight is 761 g/mol. The Morgan fingerprint density at radius 1 is 0.646 bits per heavy atom. The third-order valence-corrected chi connectivity index (χ3v) is 17.6. The van der Waals surface area contributed by atoms with Gasteiger partial charge in [-0.05, 0) is 48.5 Å². The summed E-state index contributed by atoms with van der Waals surface area (Å²) in [6.07, 6.45) is 2.95. The zero-order valence-corrected chi connectivity index (χ0v) is 31.1. The highest BCUT2D eigenvalue weighted by molar-refractivity contribution is 9.02. The van der Waals surface area contributed by atoms with Crippen LogP contribution in [0, 0.1) is 0 Å². The van der Waals surface area contributed by atoms with E-state index in [-0.39, 0.29) is 25.0 Å². The molecular weight excluding hydrogens is 724 g/mol. The molecule has 0 aliphatic heterocycles. The van der Waals surface area contributed by atoms with Crippen LogP contribution >= 0.6 is 50.7 Å². The minimum atomic E-state index is -2.25. The maximum absolute atomic E-state index is 12.4. The van der Waals surface area contributed by atoms with Crippen LogP contribution in [0.4, 0.5) is 11.4 Å². The second-order valence-electron chi connectivity index (χ2n) is 9.63. The lowest BCUT2D eigenvalue weighted by Gasteiger charge is -2.22. The first-order valence-electron chi connectivity index (χ1n) is 14.8. The summed E-state index contributed by atoms with van der Waals surface area (Å²) in [6, 6.07) is 25.5. The van der Waals surface area contributed by atoms with E-state index in [4.69, 9.17) is 21.3 Å². The van der Waals surface area contributed by atoms with Gasteiger partial charge in [-0.2, -0.15) is 23.5 Å². The molecule has 2 amide bonds. The largest absolute Gasteiger partial charge is 0.462 e. The van der Waals surface area contributed by atoms with Gasteiger partial charge in [0.2, 0.25) is 11.8 Å². The van der Waals surface area contributed by atoms with E-state index in [1.807, 2.05) is 66.7 Å². The summed E-state index contributed by atoms with van der Waals surface area (Å²) in [5.74, 6) is 1.40. The fraction of sp³-hybridized carbons (Fsp3) is 0.235. The average Bonchev–Trinajstić information content (AvgIpc) is 3.09. The van der Waals surface area contributed by atoms with Gasteiger partial charge >= 0.3 is 11.9 Å². The van der Waals surface area contributed by atoms with Crippen molar-refractivity contribution in [2.45, 2.75) is 22.6 Å².